The van der Waals surface area contributed by atoms with Crippen LogP contribution in [0.15, 0.2) is 12.8 Å². The van der Waals surface area contributed by atoms with E-state index in [9.17, 15) is 30.7 Å². The zero-order chi connectivity index (χ0) is 11.6. The molecule has 0 N–H and O–H groups in total. The Bertz CT molecular complexity index is 191. The molecule has 0 spiro atoms. The van der Waals surface area contributed by atoms with Gasteiger partial charge >= 0.3 is 18.2 Å². The molecule has 0 rings (SSSR count). The highest BCUT2D eigenvalue weighted by molar-refractivity contribution is 4.84. The summed E-state index contributed by atoms with van der Waals surface area (Å²) in [6.07, 6.45) is -12.5. The Hall–Kier alpha value is -0.990. The van der Waals surface area contributed by atoms with Crippen LogP contribution in [-0.2, 0) is 9.78 Å². The van der Waals surface area contributed by atoms with E-state index in [4.69, 9.17) is 0 Å². The Morgan fingerprint density at radius 2 is 1.21 bits per heavy atom. The van der Waals surface area contributed by atoms with Crippen molar-refractivity contribution < 1.29 is 40.5 Å². The first kappa shape index (κ1) is 13.0. The van der Waals surface area contributed by atoms with Gasteiger partial charge in [0.15, 0.2) is 0 Å². The highest BCUT2D eigenvalue weighted by Crippen LogP contribution is 2.46. The lowest BCUT2D eigenvalue weighted by Crippen LogP contribution is -2.54. The monoisotopic (exact) mass is 228 g/mol. The van der Waals surface area contributed by atoms with E-state index in [0.29, 0.717) is 0 Å². The summed E-state index contributed by atoms with van der Waals surface area (Å²) >= 11 is 0. The number of hydrogen-bond donors (Lipinski definition) is 0. The van der Waals surface area contributed by atoms with Gasteiger partial charge in [-0.2, -0.15) is 30.7 Å². The van der Waals surface area contributed by atoms with E-state index >= 15 is 0 Å². The molecule has 0 saturated carbocycles. The molecule has 0 bridgehead atoms. The van der Waals surface area contributed by atoms with Crippen molar-refractivity contribution in [1.29, 1.82) is 0 Å². The van der Waals surface area contributed by atoms with Crippen molar-refractivity contribution >= 4 is 0 Å². The highest BCUT2D eigenvalue weighted by atomic mass is 19.4. The lowest BCUT2D eigenvalue weighted by atomic mass is 10.3. The Balaban J connectivity index is 4.96. The molecular weight excluding hydrogens is 225 g/mol. The van der Waals surface area contributed by atoms with E-state index in [1.165, 1.54) is 0 Å². The molecule has 84 valence electrons. The van der Waals surface area contributed by atoms with Crippen molar-refractivity contribution in [2.45, 2.75) is 18.2 Å². The first-order chi connectivity index (χ1) is 6.06. The van der Waals surface area contributed by atoms with Crippen molar-refractivity contribution in [2.75, 3.05) is 0 Å². The quantitative estimate of drug-likeness (QED) is 0.320. The molecule has 0 atom stereocenters. The van der Waals surface area contributed by atoms with Crippen molar-refractivity contribution in [2.24, 2.45) is 0 Å². The predicted molar refractivity (Wildman–Crippen MR) is 28.3 cm³/mol. The van der Waals surface area contributed by atoms with Crippen LogP contribution in [0.5, 0.6) is 0 Å². The zero-order valence-corrected chi connectivity index (χ0v) is 6.25. The van der Waals surface area contributed by atoms with Crippen molar-refractivity contribution in [3.05, 3.63) is 12.8 Å². The van der Waals surface area contributed by atoms with E-state index < -0.39 is 18.2 Å². The van der Waals surface area contributed by atoms with E-state index in [-0.39, 0.29) is 6.26 Å². The molecule has 0 aromatic heterocycles. The number of alkyl halides is 7. The Morgan fingerprint density at radius 3 is 1.43 bits per heavy atom. The summed E-state index contributed by atoms with van der Waals surface area (Å²) in [6.45, 7) is 2.58. The van der Waals surface area contributed by atoms with Gasteiger partial charge in [0.2, 0.25) is 0 Å². The maximum Gasteiger partial charge on any atom is 0.462 e. The van der Waals surface area contributed by atoms with E-state index in [1.807, 2.05) is 0 Å². The van der Waals surface area contributed by atoms with Gasteiger partial charge in [0.05, 0.1) is 0 Å². The Kier molecular flexibility index (Phi) is 3.38. The summed E-state index contributed by atoms with van der Waals surface area (Å²) in [7, 11) is 0. The van der Waals surface area contributed by atoms with Crippen LogP contribution in [0.3, 0.4) is 0 Å². The predicted octanol–water partition coefficient (Wildman–Crippen LogP) is 2.87. The van der Waals surface area contributed by atoms with Gasteiger partial charge in [0.25, 0.3) is 0 Å². The largest absolute Gasteiger partial charge is 0.462 e. The lowest BCUT2D eigenvalue weighted by Gasteiger charge is -2.27. The molecule has 0 amide bonds. The van der Waals surface area contributed by atoms with E-state index in [1.54, 1.807) is 0 Å². The van der Waals surface area contributed by atoms with Gasteiger partial charge in [-0.05, 0) is 0 Å². The molecule has 0 unspecified atom stereocenters. The molecule has 9 heteroatoms. The van der Waals surface area contributed by atoms with Gasteiger partial charge in [-0.25, -0.2) is 0 Å². The topological polar surface area (TPSA) is 18.5 Å². The molecule has 2 nitrogen and oxygen atoms in total. The molecule has 14 heavy (non-hydrogen) atoms. The maximum atomic E-state index is 12.3. The van der Waals surface area contributed by atoms with E-state index in [2.05, 4.69) is 16.4 Å². The van der Waals surface area contributed by atoms with Gasteiger partial charge in [0, 0.05) is 0 Å². The van der Waals surface area contributed by atoms with Crippen molar-refractivity contribution in [3.8, 4) is 0 Å². The summed E-state index contributed by atoms with van der Waals surface area (Å²) in [5, 5.41) is 0. The fourth-order valence-electron chi connectivity index (χ4n) is 0.356. The third kappa shape index (κ3) is 2.28. The summed E-state index contributed by atoms with van der Waals surface area (Å²) in [5.41, 5.74) is 0. The average Bonchev–Trinajstić information content (AvgIpc) is 1.95. The minimum Gasteiger partial charge on any atom is -0.342 e. The number of rotatable bonds is 3. The summed E-state index contributed by atoms with van der Waals surface area (Å²) in [4.78, 5) is 5.67. The molecule has 0 aliphatic heterocycles. The molecule has 0 saturated heterocycles. The molecule has 0 radical (unpaired) electrons. The third-order valence-corrected chi connectivity index (χ3v) is 0.960. The zero-order valence-electron chi connectivity index (χ0n) is 6.25. The lowest BCUT2D eigenvalue weighted by molar-refractivity contribution is -0.508. The molecule has 0 aromatic rings. The second-order valence-electron chi connectivity index (χ2n) is 1.94. The summed E-state index contributed by atoms with van der Waals surface area (Å²) in [6, 6.07) is 0. The van der Waals surface area contributed by atoms with Crippen LogP contribution in [-0.4, -0.2) is 18.2 Å². The van der Waals surface area contributed by atoms with Crippen LogP contribution in [0.4, 0.5) is 30.7 Å². The number of halogens is 7. The minimum absolute atomic E-state index is 0.0752. The van der Waals surface area contributed by atoms with Crippen molar-refractivity contribution in [3.63, 3.8) is 0 Å². The average molecular weight is 228 g/mol. The van der Waals surface area contributed by atoms with Gasteiger partial charge < -0.3 is 4.89 Å². The standard InChI is InChI=1S/C5H3F7O2/c1-2-13-14-3(6,4(7,8)9)5(10,11)12/h2H,1H2. The third-order valence-electron chi connectivity index (χ3n) is 0.960. The van der Waals surface area contributed by atoms with Crippen LogP contribution in [0.25, 0.3) is 0 Å². The van der Waals surface area contributed by atoms with Crippen LogP contribution in [0.1, 0.15) is 0 Å². The number of hydrogen-bond acceptors (Lipinski definition) is 2. The van der Waals surface area contributed by atoms with Gasteiger partial charge in [-0.1, -0.05) is 6.58 Å². The maximum absolute atomic E-state index is 12.3. The van der Waals surface area contributed by atoms with E-state index in [0.717, 1.165) is 0 Å². The SMILES string of the molecule is C=COOC(F)(C(F)(F)F)C(F)(F)F. The highest BCUT2D eigenvalue weighted by Gasteiger charge is 2.76. The molecule has 0 aliphatic rings. The minimum atomic E-state index is -6.30. The first-order valence-electron chi connectivity index (χ1n) is 2.84. The summed E-state index contributed by atoms with van der Waals surface area (Å²) in [5.74, 6) is -5.87. The fourth-order valence-corrected chi connectivity index (χ4v) is 0.356. The van der Waals surface area contributed by atoms with Crippen LogP contribution in [0, 0.1) is 0 Å². The first-order valence-corrected chi connectivity index (χ1v) is 2.84. The van der Waals surface area contributed by atoms with Crippen LogP contribution < -0.4 is 0 Å². The normalized spacial score (nSPS) is 13.9. The molecule has 0 aromatic carbocycles. The van der Waals surface area contributed by atoms with Crippen molar-refractivity contribution in [1.82, 2.24) is 0 Å². The second-order valence-corrected chi connectivity index (χ2v) is 1.94. The van der Waals surface area contributed by atoms with Gasteiger partial charge in [-0.15, -0.1) is 4.89 Å². The smallest absolute Gasteiger partial charge is 0.342 e. The molecule has 0 heterocycles. The van der Waals surface area contributed by atoms with Gasteiger partial charge in [-0.3, -0.25) is 0 Å². The van der Waals surface area contributed by atoms with Crippen LogP contribution in [0.2, 0.25) is 0 Å². The molecule has 0 aliphatic carbocycles. The Labute approximate surface area is 72.8 Å². The molecular formula is C5H3F7O2. The van der Waals surface area contributed by atoms with Gasteiger partial charge in [0.1, 0.15) is 6.26 Å². The van der Waals surface area contributed by atoms with Crippen LogP contribution >= 0.6 is 0 Å². The summed E-state index contributed by atoms with van der Waals surface area (Å²) < 4.78 is 81.9. The molecule has 0 fully saturated rings. The fraction of sp³-hybridized carbons (Fsp3) is 0.600. The Morgan fingerprint density at radius 1 is 0.857 bits per heavy atom. The second kappa shape index (κ2) is 3.64.